The maximum atomic E-state index is 13.6. The normalized spacial score (nSPS) is 23.8. The number of carbonyl (C=O) groups excluding carboxylic acids is 1. The summed E-state index contributed by atoms with van der Waals surface area (Å²) >= 11 is 0. The van der Waals surface area contributed by atoms with Crippen LogP contribution in [0.1, 0.15) is 50.1 Å². The Morgan fingerprint density at radius 3 is 2.44 bits per heavy atom. The van der Waals surface area contributed by atoms with Crippen LogP contribution in [0.3, 0.4) is 0 Å². The third kappa shape index (κ3) is 4.43. The molecule has 1 heterocycles. The van der Waals surface area contributed by atoms with Crippen LogP contribution in [0.2, 0.25) is 0 Å². The average Bonchev–Trinajstić information content (AvgIpc) is 2.82. The summed E-state index contributed by atoms with van der Waals surface area (Å²) in [6.07, 6.45) is 4.52. The van der Waals surface area contributed by atoms with Crippen LogP contribution in [0.15, 0.2) is 54.6 Å². The van der Waals surface area contributed by atoms with Crippen LogP contribution in [0, 0.1) is 11.8 Å². The molecule has 4 rings (SSSR count). The number of likely N-dealkylation sites (tertiary alicyclic amines) is 1. The fourth-order valence-corrected chi connectivity index (χ4v) is 5.50. The topological polar surface area (TPSA) is 113 Å². The van der Waals surface area contributed by atoms with E-state index in [0.29, 0.717) is 24.3 Å². The number of benzene rings is 2. The van der Waals surface area contributed by atoms with Gasteiger partial charge in [0.2, 0.25) is 5.91 Å². The minimum absolute atomic E-state index is 0.00413. The van der Waals surface area contributed by atoms with E-state index in [-0.39, 0.29) is 36.2 Å². The quantitative estimate of drug-likeness (QED) is 0.362. The van der Waals surface area contributed by atoms with Crippen molar-refractivity contribution in [2.24, 2.45) is 17.7 Å². The van der Waals surface area contributed by atoms with Gasteiger partial charge in [0.1, 0.15) is 0 Å². The van der Waals surface area contributed by atoms with E-state index in [1.54, 1.807) is 11.1 Å². The van der Waals surface area contributed by atoms with E-state index < -0.39 is 5.97 Å². The summed E-state index contributed by atoms with van der Waals surface area (Å²) < 4.78 is 0. The van der Waals surface area contributed by atoms with Gasteiger partial charge >= 0.3 is 5.97 Å². The summed E-state index contributed by atoms with van der Waals surface area (Å²) in [5, 5.41) is 11.3. The highest BCUT2D eigenvalue weighted by atomic mass is 16.4. The van der Waals surface area contributed by atoms with Crippen LogP contribution >= 0.6 is 0 Å². The Hall–Kier alpha value is -3.06. The van der Waals surface area contributed by atoms with Crippen LogP contribution in [-0.2, 0) is 9.59 Å². The molecule has 2 aromatic carbocycles. The van der Waals surface area contributed by atoms with E-state index in [2.05, 4.69) is 0 Å². The molecule has 1 aliphatic carbocycles. The monoisotopic (exact) mass is 436 g/mol. The van der Waals surface area contributed by atoms with Crippen molar-refractivity contribution in [2.75, 3.05) is 17.3 Å². The molecule has 0 spiro atoms. The molecule has 1 saturated heterocycles. The number of hydrazine groups is 1. The van der Waals surface area contributed by atoms with E-state index in [9.17, 15) is 14.7 Å². The lowest BCUT2D eigenvalue weighted by Gasteiger charge is -2.47. The summed E-state index contributed by atoms with van der Waals surface area (Å²) in [5.41, 5.74) is 8.34. The molecule has 32 heavy (non-hydrogen) atoms. The third-order valence-electron chi connectivity index (χ3n) is 7.12. The van der Waals surface area contributed by atoms with E-state index in [1.807, 2.05) is 53.4 Å². The molecule has 0 bridgehead atoms. The molecule has 0 aromatic heterocycles. The number of hydrogen-bond donors (Lipinski definition) is 3. The molecule has 7 heteroatoms. The molecule has 4 unspecified atom stereocenters. The fraction of sp³-hybridized carbons (Fsp3) is 0.440. The molecule has 0 radical (unpaired) electrons. The van der Waals surface area contributed by atoms with Crippen molar-refractivity contribution in [1.82, 2.24) is 4.90 Å². The zero-order valence-corrected chi connectivity index (χ0v) is 18.3. The number of rotatable bonds is 6. The number of amides is 1. The van der Waals surface area contributed by atoms with Crippen molar-refractivity contribution in [1.29, 1.82) is 0 Å². The highest BCUT2D eigenvalue weighted by Gasteiger charge is 2.44. The number of nitrogens with two attached hydrogens (primary N) is 2. The van der Waals surface area contributed by atoms with Crippen molar-refractivity contribution < 1.29 is 14.7 Å². The highest BCUT2D eigenvalue weighted by Crippen LogP contribution is 2.40. The molecule has 7 nitrogen and oxygen atoms in total. The van der Waals surface area contributed by atoms with Crippen LogP contribution < -0.4 is 16.6 Å². The molecule has 2 fully saturated rings. The lowest BCUT2D eigenvalue weighted by atomic mass is 9.71. The Kier molecular flexibility index (Phi) is 6.65. The summed E-state index contributed by atoms with van der Waals surface area (Å²) in [6.45, 7) is 0.483. The standard InChI is InChI=1S/C25H32N4O3/c26-20-11-5-7-13-22(20)29(27)23(17-8-2-1-3-9-17)16-24(30)28-15-14-19(25(31)32)18-10-4-6-12-21(18)28/h1-3,5,7-9,11,13,18-19,21,23H,4,6,10,12,14-16,26-27H2,(H,31,32). The van der Waals surface area contributed by atoms with Gasteiger partial charge in [0.05, 0.1) is 29.8 Å². The molecule has 1 amide bonds. The van der Waals surface area contributed by atoms with E-state index in [1.165, 1.54) is 0 Å². The molecular formula is C25H32N4O3. The zero-order valence-electron chi connectivity index (χ0n) is 18.3. The molecule has 5 N–H and O–H groups in total. The molecule has 1 saturated carbocycles. The Balaban J connectivity index is 1.59. The van der Waals surface area contributed by atoms with Crippen molar-refractivity contribution in [3.63, 3.8) is 0 Å². The van der Waals surface area contributed by atoms with Gasteiger partial charge in [0.15, 0.2) is 0 Å². The Morgan fingerprint density at radius 1 is 1.03 bits per heavy atom. The number of hydrogen-bond acceptors (Lipinski definition) is 5. The Bertz CT molecular complexity index is 951. The first-order valence-corrected chi connectivity index (χ1v) is 11.4. The number of para-hydroxylation sites is 2. The number of anilines is 2. The maximum Gasteiger partial charge on any atom is 0.306 e. The van der Waals surface area contributed by atoms with Gasteiger partial charge in [0.25, 0.3) is 0 Å². The number of nitrogens with zero attached hydrogens (tertiary/aromatic N) is 2. The van der Waals surface area contributed by atoms with Gasteiger partial charge < -0.3 is 20.7 Å². The van der Waals surface area contributed by atoms with Crippen molar-refractivity contribution in [3.8, 4) is 0 Å². The van der Waals surface area contributed by atoms with Crippen LogP contribution in [0.5, 0.6) is 0 Å². The fourth-order valence-electron chi connectivity index (χ4n) is 5.50. The second kappa shape index (κ2) is 9.61. The number of piperidine rings is 1. The van der Waals surface area contributed by atoms with Gasteiger partial charge in [-0.15, -0.1) is 0 Å². The third-order valence-corrected chi connectivity index (χ3v) is 7.12. The van der Waals surface area contributed by atoms with Crippen molar-refractivity contribution in [3.05, 3.63) is 60.2 Å². The number of carboxylic acids is 1. The number of carboxylic acid groups (broad SMARTS) is 1. The minimum Gasteiger partial charge on any atom is -0.481 e. The largest absolute Gasteiger partial charge is 0.481 e. The second-order valence-corrected chi connectivity index (χ2v) is 8.93. The van der Waals surface area contributed by atoms with Gasteiger partial charge in [-0.3, -0.25) is 9.59 Å². The van der Waals surface area contributed by atoms with Crippen LogP contribution in [0.25, 0.3) is 0 Å². The van der Waals surface area contributed by atoms with Gasteiger partial charge in [0, 0.05) is 12.6 Å². The van der Waals surface area contributed by atoms with Gasteiger partial charge in [-0.1, -0.05) is 55.3 Å². The molecule has 4 atom stereocenters. The average molecular weight is 437 g/mol. The van der Waals surface area contributed by atoms with Gasteiger partial charge in [-0.25, -0.2) is 5.84 Å². The van der Waals surface area contributed by atoms with E-state index in [4.69, 9.17) is 11.6 Å². The predicted octanol–water partition coefficient (Wildman–Crippen LogP) is 3.57. The molecule has 1 aliphatic heterocycles. The SMILES string of the molecule is Nc1ccccc1N(N)C(CC(=O)N1CCC(C(=O)O)C2CCCCC21)c1ccccc1. The van der Waals surface area contributed by atoms with Crippen LogP contribution in [-0.4, -0.2) is 34.5 Å². The zero-order chi connectivity index (χ0) is 22.7. The number of carbonyl (C=O) groups is 2. The van der Waals surface area contributed by atoms with Gasteiger partial charge in [-0.05, 0) is 42.9 Å². The molecule has 170 valence electrons. The number of aliphatic carboxylic acids is 1. The Morgan fingerprint density at radius 2 is 1.72 bits per heavy atom. The highest BCUT2D eigenvalue weighted by molar-refractivity contribution is 5.79. The van der Waals surface area contributed by atoms with E-state index >= 15 is 0 Å². The van der Waals surface area contributed by atoms with Crippen molar-refractivity contribution in [2.45, 2.75) is 50.6 Å². The van der Waals surface area contributed by atoms with Crippen molar-refractivity contribution >= 4 is 23.3 Å². The summed E-state index contributed by atoms with van der Waals surface area (Å²) in [6, 6.07) is 16.7. The maximum absolute atomic E-state index is 13.6. The second-order valence-electron chi connectivity index (χ2n) is 8.93. The lowest BCUT2D eigenvalue weighted by Crippen LogP contribution is -2.55. The smallest absolute Gasteiger partial charge is 0.306 e. The number of fused-ring (bicyclic) bond motifs is 1. The van der Waals surface area contributed by atoms with Crippen LogP contribution in [0.4, 0.5) is 11.4 Å². The Labute approximate surface area is 189 Å². The first-order chi connectivity index (χ1) is 15.5. The molecule has 2 aliphatic rings. The minimum atomic E-state index is -0.733. The summed E-state index contributed by atoms with van der Waals surface area (Å²) in [7, 11) is 0. The number of nitrogen functional groups attached to an aromatic ring is 1. The first kappa shape index (κ1) is 22.1. The molecular weight excluding hydrogens is 404 g/mol. The summed E-state index contributed by atoms with van der Waals surface area (Å²) in [4.78, 5) is 27.3. The van der Waals surface area contributed by atoms with E-state index in [0.717, 1.165) is 31.2 Å². The van der Waals surface area contributed by atoms with Gasteiger partial charge in [-0.2, -0.15) is 0 Å². The first-order valence-electron chi connectivity index (χ1n) is 11.4. The predicted molar refractivity (Wildman–Crippen MR) is 125 cm³/mol. The molecule has 2 aromatic rings. The summed E-state index contributed by atoms with van der Waals surface area (Å²) in [5.74, 6) is 5.51. The lowest BCUT2D eigenvalue weighted by molar-refractivity contribution is -0.153.